The first-order chi connectivity index (χ1) is 9.11. The number of amides is 1. The molecule has 0 radical (unpaired) electrons. The molecule has 1 amide bonds. The molecule has 2 aromatic rings. The molecule has 4 nitrogen and oxygen atoms in total. The zero-order chi connectivity index (χ0) is 13.8. The zero-order valence-corrected chi connectivity index (χ0v) is 10.1. The third kappa shape index (κ3) is 2.85. The minimum Gasteiger partial charge on any atom is -0.386 e. The van der Waals surface area contributed by atoms with Crippen molar-refractivity contribution in [3.63, 3.8) is 0 Å². The van der Waals surface area contributed by atoms with Gasteiger partial charge < -0.3 is 10.6 Å². The summed E-state index contributed by atoms with van der Waals surface area (Å²) in [4.78, 5) is 15.9. The van der Waals surface area contributed by atoms with Crippen molar-refractivity contribution >= 4 is 17.3 Å². The number of rotatable bonds is 3. The van der Waals surface area contributed by atoms with Crippen LogP contribution in [0.15, 0.2) is 36.7 Å². The van der Waals surface area contributed by atoms with Gasteiger partial charge in [-0.05, 0) is 18.2 Å². The average Bonchev–Trinajstić information content (AvgIpc) is 2.42. The predicted molar refractivity (Wildman–Crippen MR) is 68.1 cm³/mol. The molecule has 0 fully saturated rings. The van der Waals surface area contributed by atoms with Crippen molar-refractivity contribution in [2.45, 2.75) is 0 Å². The maximum Gasteiger partial charge on any atom is 0.257 e. The average molecular weight is 263 g/mol. The summed E-state index contributed by atoms with van der Waals surface area (Å²) in [5.74, 6) is -1.87. The van der Waals surface area contributed by atoms with E-state index in [1.165, 1.54) is 18.5 Å². The topological polar surface area (TPSA) is 54.0 Å². The normalized spacial score (nSPS) is 10.1. The van der Waals surface area contributed by atoms with Gasteiger partial charge in [-0.1, -0.05) is 0 Å². The fourth-order valence-electron chi connectivity index (χ4n) is 1.57. The first-order valence-corrected chi connectivity index (χ1v) is 5.50. The standard InChI is InChI=1S/C13H11F2N3O/c1-16-12-7-17-5-4-9(12)13(19)18-11-6-8(14)2-3-10(11)15/h2-7,16H,1H3,(H,18,19). The largest absolute Gasteiger partial charge is 0.386 e. The Balaban J connectivity index is 2.28. The predicted octanol–water partition coefficient (Wildman–Crippen LogP) is 2.65. The molecular weight excluding hydrogens is 252 g/mol. The van der Waals surface area contributed by atoms with E-state index < -0.39 is 17.5 Å². The molecule has 0 bridgehead atoms. The number of hydrogen-bond acceptors (Lipinski definition) is 3. The van der Waals surface area contributed by atoms with Gasteiger partial charge in [-0.2, -0.15) is 0 Å². The van der Waals surface area contributed by atoms with E-state index in [9.17, 15) is 13.6 Å². The Morgan fingerprint density at radius 2 is 2.00 bits per heavy atom. The van der Waals surface area contributed by atoms with Crippen LogP contribution in [0.3, 0.4) is 0 Å². The molecule has 1 aromatic carbocycles. The van der Waals surface area contributed by atoms with Gasteiger partial charge in [-0.15, -0.1) is 0 Å². The van der Waals surface area contributed by atoms with Gasteiger partial charge in [0.2, 0.25) is 0 Å². The summed E-state index contributed by atoms with van der Waals surface area (Å²) in [6, 6.07) is 4.35. The number of pyridine rings is 1. The van der Waals surface area contributed by atoms with Crippen molar-refractivity contribution in [3.8, 4) is 0 Å². The van der Waals surface area contributed by atoms with Crippen LogP contribution in [0.1, 0.15) is 10.4 Å². The lowest BCUT2D eigenvalue weighted by Crippen LogP contribution is -2.15. The van der Waals surface area contributed by atoms with E-state index in [2.05, 4.69) is 15.6 Å². The van der Waals surface area contributed by atoms with Gasteiger partial charge in [0.25, 0.3) is 5.91 Å². The van der Waals surface area contributed by atoms with E-state index in [-0.39, 0.29) is 5.69 Å². The Morgan fingerprint density at radius 3 is 2.74 bits per heavy atom. The second kappa shape index (κ2) is 5.43. The highest BCUT2D eigenvalue weighted by atomic mass is 19.1. The fourth-order valence-corrected chi connectivity index (χ4v) is 1.57. The van der Waals surface area contributed by atoms with E-state index in [1.807, 2.05) is 0 Å². The number of aromatic nitrogens is 1. The molecule has 6 heteroatoms. The van der Waals surface area contributed by atoms with E-state index in [0.29, 0.717) is 11.3 Å². The number of anilines is 2. The molecule has 0 atom stereocenters. The van der Waals surface area contributed by atoms with Crippen molar-refractivity contribution in [2.24, 2.45) is 0 Å². The number of benzene rings is 1. The number of carbonyl (C=O) groups is 1. The number of halogens is 2. The monoisotopic (exact) mass is 263 g/mol. The van der Waals surface area contributed by atoms with Crippen LogP contribution in [0.25, 0.3) is 0 Å². The summed E-state index contributed by atoms with van der Waals surface area (Å²) >= 11 is 0. The molecule has 0 unspecified atom stereocenters. The van der Waals surface area contributed by atoms with Crippen LogP contribution in [0.4, 0.5) is 20.2 Å². The molecular formula is C13H11F2N3O. The van der Waals surface area contributed by atoms with Crippen LogP contribution in [-0.2, 0) is 0 Å². The lowest BCUT2D eigenvalue weighted by Gasteiger charge is -2.09. The molecule has 0 aliphatic rings. The quantitative estimate of drug-likeness (QED) is 0.895. The molecule has 0 spiro atoms. The smallest absolute Gasteiger partial charge is 0.257 e. The van der Waals surface area contributed by atoms with Gasteiger partial charge >= 0.3 is 0 Å². The first kappa shape index (κ1) is 12.9. The summed E-state index contributed by atoms with van der Waals surface area (Å²) in [5.41, 5.74) is 0.585. The summed E-state index contributed by atoms with van der Waals surface area (Å²) in [5, 5.41) is 5.12. The maximum absolute atomic E-state index is 13.4. The zero-order valence-electron chi connectivity index (χ0n) is 10.1. The minimum absolute atomic E-state index is 0.205. The highest BCUT2D eigenvalue weighted by Gasteiger charge is 2.13. The molecule has 0 saturated carbocycles. The van der Waals surface area contributed by atoms with Crippen molar-refractivity contribution in [1.29, 1.82) is 0 Å². The van der Waals surface area contributed by atoms with Gasteiger partial charge in [0.1, 0.15) is 11.6 Å². The molecule has 0 saturated heterocycles. The van der Waals surface area contributed by atoms with Crippen LogP contribution in [-0.4, -0.2) is 17.9 Å². The number of nitrogens with one attached hydrogen (secondary N) is 2. The summed E-state index contributed by atoms with van der Waals surface area (Å²) < 4.78 is 26.4. The Labute approximate surface area is 108 Å². The molecule has 2 N–H and O–H groups in total. The second-order valence-electron chi connectivity index (χ2n) is 3.75. The third-order valence-corrected chi connectivity index (χ3v) is 2.51. The number of hydrogen-bond donors (Lipinski definition) is 2. The SMILES string of the molecule is CNc1cnccc1C(=O)Nc1cc(F)ccc1F. The van der Waals surface area contributed by atoms with E-state index in [0.717, 1.165) is 18.2 Å². The van der Waals surface area contributed by atoms with E-state index in [1.54, 1.807) is 7.05 Å². The number of carbonyl (C=O) groups excluding carboxylic acids is 1. The van der Waals surface area contributed by atoms with Gasteiger partial charge in [0, 0.05) is 19.3 Å². The molecule has 98 valence electrons. The van der Waals surface area contributed by atoms with Crippen molar-refractivity contribution in [3.05, 3.63) is 53.9 Å². The van der Waals surface area contributed by atoms with E-state index in [4.69, 9.17) is 0 Å². The highest BCUT2D eigenvalue weighted by Crippen LogP contribution is 2.19. The van der Waals surface area contributed by atoms with Gasteiger partial charge in [-0.3, -0.25) is 9.78 Å². The van der Waals surface area contributed by atoms with Gasteiger partial charge in [0.05, 0.1) is 23.1 Å². The van der Waals surface area contributed by atoms with Crippen LogP contribution >= 0.6 is 0 Å². The first-order valence-electron chi connectivity index (χ1n) is 5.50. The van der Waals surface area contributed by atoms with Crippen LogP contribution in [0.2, 0.25) is 0 Å². The van der Waals surface area contributed by atoms with Crippen molar-refractivity contribution in [1.82, 2.24) is 4.98 Å². The molecule has 2 rings (SSSR count). The van der Waals surface area contributed by atoms with Gasteiger partial charge in [0.15, 0.2) is 0 Å². The van der Waals surface area contributed by atoms with Crippen molar-refractivity contribution in [2.75, 3.05) is 17.7 Å². The molecule has 19 heavy (non-hydrogen) atoms. The minimum atomic E-state index is -0.699. The fraction of sp³-hybridized carbons (Fsp3) is 0.0769. The van der Waals surface area contributed by atoms with Crippen LogP contribution in [0, 0.1) is 11.6 Å². The molecule has 0 aliphatic carbocycles. The molecule has 0 aliphatic heterocycles. The second-order valence-corrected chi connectivity index (χ2v) is 3.75. The summed E-state index contributed by atoms with van der Waals surface area (Å²) in [6.45, 7) is 0. The Kier molecular flexibility index (Phi) is 3.70. The lowest BCUT2D eigenvalue weighted by atomic mass is 10.2. The third-order valence-electron chi connectivity index (χ3n) is 2.51. The molecule has 1 aromatic heterocycles. The Hall–Kier alpha value is -2.50. The number of nitrogens with zero attached hydrogens (tertiary/aromatic N) is 1. The van der Waals surface area contributed by atoms with Crippen molar-refractivity contribution < 1.29 is 13.6 Å². The van der Waals surface area contributed by atoms with E-state index >= 15 is 0 Å². The molecule has 1 heterocycles. The maximum atomic E-state index is 13.4. The highest BCUT2D eigenvalue weighted by molar-refractivity contribution is 6.07. The summed E-state index contributed by atoms with van der Waals surface area (Å²) in [6.07, 6.45) is 2.91. The Morgan fingerprint density at radius 1 is 1.21 bits per heavy atom. The van der Waals surface area contributed by atoms with Crippen LogP contribution in [0.5, 0.6) is 0 Å². The van der Waals surface area contributed by atoms with Gasteiger partial charge in [-0.25, -0.2) is 8.78 Å². The Bertz CT molecular complexity index is 617. The summed E-state index contributed by atoms with van der Waals surface area (Å²) in [7, 11) is 1.64. The lowest BCUT2D eigenvalue weighted by molar-refractivity contribution is 0.102. The van der Waals surface area contributed by atoms with Crippen LogP contribution < -0.4 is 10.6 Å².